The van der Waals surface area contributed by atoms with Crippen LogP contribution in [0.4, 0.5) is 0 Å². The lowest BCUT2D eigenvalue weighted by atomic mass is 9.93. The maximum absolute atomic E-state index is 10.6. The van der Waals surface area contributed by atoms with E-state index in [9.17, 15) is 19.5 Å². The zero-order valence-electron chi connectivity index (χ0n) is 7.28. The largest absolute Gasteiger partial charge is 0.503 e. The van der Waals surface area contributed by atoms with Crippen LogP contribution in [0.1, 0.15) is 6.42 Å². The monoisotopic (exact) mass is 234 g/mol. The van der Waals surface area contributed by atoms with Gasteiger partial charge in [-0.3, -0.25) is 4.79 Å². The zero-order chi connectivity index (χ0) is 12.2. The standard InChI is InChI=1S/C6H7O8.Al/c7-2(8)1-6(14,5(12)13)3(9)4(10)11;/h3,14H,1H2,(H,7,8)(H,10,11)(H,12,13);/q-1;+1. The molecule has 0 aliphatic carbocycles. The van der Waals surface area contributed by atoms with Gasteiger partial charge in [0.25, 0.3) is 0 Å². The van der Waals surface area contributed by atoms with Crippen LogP contribution in [0.25, 0.3) is 0 Å². The molecule has 15 heavy (non-hydrogen) atoms. The Hall–Kier alpha value is -1.14. The predicted molar refractivity (Wildman–Crippen MR) is 43.1 cm³/mol. The first-order valence-corrected chi connectivity index (χ1v) is 3.98. The maximum Gasteiger partial charge on any atom is 0.370 e. The number of carbonyl (C=O) groups is 3. The third kappa shape index (κ3) is 3.18. The minimum absolute atomic E-state index is 1.28. The van der Waals surface area contributed by atoms with Crippen molar-refractivity contribution in [2.45, 2.75) is 18.1 Å². The molecule has 2 atom stereocenters. The van der Waals surface area contributed by atoms with Crippen LogP contribution in [0.5, 0.6) is 0 Å². The first-order chi connectivity index (χ1) is 6.75. The second kappa shape index (κ2) is 5.09. The highest BCUT2D eigenvalue weighted by molar-refractivity contribution is 6.01. The molecule has 2 unspecified atom stereocenters. The Balaban J connectivity index is 5.15. The molecule has 0 aliphatic heterocycles. The van der Waals surface area contributed by atoms with Gasteiger partial charge >= 0.3 is 34.5 Å². The minimum atomic E-state index is -3.01. The topological polar surface area (TPSA) is 141 Å². The molecule has 0 heterocycles. The Morgan fingerprint density at radius 2 is 1.73 bits per heavy atom. The number of hydrogen-bond donors (Lipinski definition) is 4. The molecule has 0 aromatic rings. The van der Waals surface area contributed by atoms with Crippen LogP contribution in [0.3, 0.4) is 0 Å². The van der Waals surface area contributed by atoms with Gasteiger partial charge in [0.2, 0.25) is 5.60 Å². The third-order valence-electron chi connectivity index (χ3n) is 1.59. The van der Waals surface area contributed by atoms with Gasteiger partial charge < -0.3 is 24.2 Å². The van der Waals surface area contributed by atoms with Crippen molar-refractivity contribution >= 4 is 34.5 Å². The van der Waals surface area contributed by atoms with Crippen molar-refractivity contribution in [1.82, 2.24) is 0 Å². The first-order valence-electron chi connectivity index (χ1n) is 3.51. The van der Waals surface area contributed by atoms with Crippen molar-refractivity contribution in [1.29, 1.82) is 0 Å². The zero-order valence-corrected chi connectivity index (χ0v) is 8.44. The Labute approximate surface area is 91.8 Å². The quantitative estimate of drug-likeness (QED) is 0.380. The highest BCUT2D eigenvalue weighted by atomic mass is 27.1. The predicted octanol–water partition coefficient (Wildman–Crippen LogP) is -2.17. The molecule has 0 amide bonds. The van der Waals surface area contributed by atoms with Gasteiger partial charge in [0.1, 0.15) is 0 Å². The van der Waals surface area contributed by atoms with E-state index in [1.165, 1.54) is 16.6 Å². The minimum Gasteiger partial charge on any atom is -0.503 e. The normalized spacial score (nSPS) is 16.3. The number of hydrogen-bond acceptors (Lipinski definition) is 5. The summed E-state index contributed by atoms with van der Waals surface area (Å²) in [6, 6.07) is 0. The third-order valence-corrected chi connectivity index (χ3v) is 1.86. The number of carboxylic acids is 3. The molecule has 0 fully saturated rings. The smallest absolute Gasteiger partial charge is 0.370 e. The average Bonchev–Trinajstić information content (AvgIpc) is 2.02. The van der Waals surface area contributed by atoms with Gasteiger partial charge in [0.05, 0.1) is 6.42 Å². The molecule has 0 bridgehead atoms. The van der Waals surface area contributed by atoms with Crippen LogP contribution in [-0.2, 0) is 18.2 Å². The number of aliphatic carboxylic acids is 3. The van der Waals surface area contributed by atoms with Gasteiger partial charge in [-0.1, -0.05) is 0 Å². The lowest BCUT2D eigenvalue weighted by Crippen LogP contribution is -2.55. The van der Waals surface area contributed by atoms with Crippen molar-refractivity contribution in [3.63, 3.8) is 0 Å². The molecule has 0 saturated carbocycles. The SMILES string of the molecule is O=C(O)CC(O)(C(=O)O)C([O][Al])C(=O)O. The van der Waals surface area contributed by atoms with E-state index in [0.717, 1.165) is 0 Å². The molecule has 2 radical (unpaired) electrons. The summed E-state index contributed by atoms with van der Waals surface area (Å²) in [5, 5.41) is 34.8. The first kappa shape index (κ1) is 13.9. The average molecular weight is 234 g/mol. The molecule has 0 aliphatic rings. The van der Waals surface area contributed by atoms with Crippen molar-refractivity contribution in [2.24, 2.45) is 0 Å². The Morgan fingerprint density at radius 1 is 1.27 bits per heavy atom. The van der Waals surface area contributed by atoms with Gasteiger partial charge in [-0.2, -0.15) is 0 Å². The molecule has 0 aromatic carbocycles. The summed E-state index contributed by atoms with van der Waals surface area (Å²) in [5.41, 5.74) is -3.01. The maximum atomic E-state index is 10.6. The fraction of sp³-hybridized carbons (Fsp3) is 0.500. The van der Waals surface area contributed by atoms with Crippen LogP contribution >= 0.6 is 0 Å². The van der Waals surface area contributed by atoms with Gasteiger partial charge in [-0.05, 0) is 0 Å². The molecule has 4 N–H and O–H groups in total. The molecule has 0 rings (SSSR count). The van der Waals surface area contributed by atoms with Crippen molar-refractivity contribution in [3.8, 4) is 0 Å². The number of rotatable bonds is 6. The summed E-state index contributed by atoms with van der Waals surface area (Å²) in [7, 11) is 0. The number of aliphatic hydroxyl groups is 1. The van der Waals surface area contributed by atoms with Crippen LogP contribution in [0.2, 0.25) is 0 Å². The van der Waals surface area contributed by atoms with E-state index in [1.807, 2.05) is 0 Å². The van der Waals surface area contributed by atoms with Crippen LogP contribution in [-0.4, -0.2) is 66.7 Å². The van der Waals surface area contributed by atoms with Crippen molar-refractivity contribution in [3.05, 3.63) is 0 Å². The van der Waals surface area contributed by atoms with E-state index in [4.69, 9.17) is 15.3 Å². The lowest BCUT2D eigenvalue weighted by molar-refractivity contribution is -0.184. The van der Waals surface area contributed by atoms with E-state index in [0.29, 0.717) is 0 Å². The molecular formula is C6H7AlO8. The second-order valence-electron chi connectivity index (χ2n) is 2.65. The second-order valence-corrected chi connectivity index (χ2v) is 2.93. The highest BCUT2D eigenvalue weighted by Crippen LogP contribution is 2.19. The van der Waals surface area contributed by atoms with E-state index >= 15 is 0 Å². The molecule has 0 saturated heterocycles. The molecule has 0 aromatic heterocycles. The summed E-state index contributed by atoms with van der Waals surface area (Å²) in [6.45, 7) is 0. The van der Waals surface area contributed by atoms with Gasteiger partial charge in [-0.15, -0.1) is 0 Å². The molecule has 0 spiro atoms. The van der Waals surface area contributed by atoms with E-state index in [-0.39, 0.29) is 0 Å². The van der Waals surface area contributed by atoms with Gasteiger partial charge in [0, 0.05) is 0 Å². The fourth-order valence-corrected chi connectivity index (χ4v) is 1.23. The van der Waals surface area contributed by atoms with E-state index in [2.05, 4.69) is 3.79 Å². The molecule has 82 valence electrons. The van der Waals surface area contributed by atoms with Crippen LogP contribution in [0.15, 0.2) is 0 Å². The summed E-state index contributed by atoms with van der Waals surface area (Å²) >= 11 is 1.46. The van der Waals surface area contributed by atoms with E-state index in [1.54, 1.807) is 0 Å². The summed E-state index contributed by atoms with van der Waals surface area (Å²) in [5.74, 6) is -5.43. The van der Waals surface area contributed by atoms with Crippen molar-refractivity contribution < 1.29 is 38.6 Å². The Morgan fingerprint density at radius 3 is 1.93 bits per heavy atom. The molecule has 9 heteroatoms. The van der Waals surface area contributed by atoms with E-state index < -0.39 is 36.0 Å². The summed E-state index contributed by atoms with van der Waals surface area (Å²) in [6.07, 6.45) is -3.47. The van der Waals surface area contributed by atoms with Crippen LogP contribution < -0.4 is 0 Å². The Bertz CT molecular complexity index is 289. The van der Waals surface area contributed by atoms with Crippen molar-refractivity contribution in [2.75, 3.05) is 0 Å². The molecular weight excluding hydrogens is 227 g/mol. The highest BCUT2D eigenvalue weighted by Gasteiger charge is 2.49. The summed E-state index contributed by atoms with van der Waals surface area (Å²) < 4.78 is 4.16. The molecule has 8 nitrogen and oxygen atoms in total. The Kier molecular flexibility index (Phi) is 4.70. The van der Waals surface area contributed by atoms with Gasteiger partial charge in [0.15, 0.2) is 6.10 Å². The fourth-order valence-electron chi connectivity index (χ4n) is 0.886. The van der Waals surface area contributed by atoms with Crippen LogP contribution in [0, 0.1) is 0 Å². The van der Waals surface area contributed by atoms with Gasteiger partial charge in [-0.25, -0.2) is 9.59 Å². The lowest BCUT2D eigenvalue weighted by Gasteiger charge is -2.28. The number of carboxylic acid groups (broad SMARTS) is 3. The summed E-state index contributed by atoms with van der Waals surface area (Å²) in [4.78, 5) is 31.4.